The second kappa shape index (κ2) is 9.00. The maximum atomic E-state index is 12.9. The molecule has 0 saturated heterocycles. The largest absolute Gasteiger partial charge is 0.493 e. The highest BCUT2D eigenvalue weighted by Crippen LogP contribution is 2.36. The minimum atomic E-state index is -0.518. The topological polar surface area (TPSA) is 61.8 Å². The van der Waals surface area contributed by atoms with Crippen LogP contribution in [0.5, 0.6) is 5.75 Å². The Balaban J connectivity index is 1.40. The summed E-state index contributed by atoms with van der Waals surface area (Å²) >= 11 is 15.4. The SMILES string of the molecule is O=C(OC1CCC2C(=O)C(Oc3ccccc3Br)=COC2C1)c1ccc(Cl)cc1Cl. The molecule has 0 amide bonds. The molecule has 0 spiro atoms. The minimum absolute atomic E-state index is 0.104. The fourth-order valence-electron chi connectivity index (χ4n) is 3.63. The first-order valence-electron chi connectivity index (χ1n) is 9.40. The van der Waals surface area contributed by atoms with Crippen molar-refractivity contribution in [2.45, 2.75) is 31.5 Å². The quantitative estimate of drug-likeness (QED) is 0.473. The van der Waals surface area contributed by atoms with Gasteiger partial charge in [0.2, 0.25) is 11.5 Å². The highest BCUT2D eigenvalue weighted by atomic mass is 79.9. The molecule has 0 N–H and O–H groups in total. The molecule has 0 bridgehead atoms. The predicted molar refractivity (Wildman–Crippen MR) is 116 cm³/mol. The van der Waals surface area contributed by atoms with Crippen LogP contribution in [0.25, 0.3) is 0 Å². The number of para-hydroxylation sites is 1. The summed E-state index contributed by atoms with van der Waals surface area (Å²) < 4.78 is 17.9. The number of hydrogen-bond donors (Lipinski definition) is 0. The van der Waals surface area contributed by atoms with E-state index in [0.29, 0.717) is 30.0 Å². The van der Waals surface area contributed by atoms with Crippen molar-refractivity contribution >= 4 is 50.9 Å². The molecule has 3 unspecified atom stereocenters. The highest BCUT2D eigenvalue weighted by Gasteiger charge is 2.42. The van der Waals surface area contributed by atoms with Crippen molar-refractivity contribution in [3.63, 3.8) is 0 Å². The third-order valence-electron chi connectivity index (χ3n) is 5.15. The zero-order chi connectivity index (χ0) is 21.3. The number of ether oxygens (including phenoxy) is 3. The van der Waals surface area contributed by atoms with Crippen molar-refractivity contribution < 1.29 is 23.8 Å². The van der Waals surface area contributed by atoms with Gasteiger partial charge in [0.15, 0.2) is 0 Å². The van der Waals surface area contributed by atoms with Gasteiger partial charge in [-0.1, -0.05) is 35.3 Å². The van der Waals surface area contributed by atoms with Crippen LogP contribution in [-0.4, -0.2) is 24.0 Å². The predicted octanol–water partition coefficient (Wildman–Crippen LogP) is 5.97. The minimum Gasteiger partial charge on any atom is -0.493 e. The van der Waals surface area contributed by atoms with E-state index in [-0.39, 0.29) is 40.3 Å². The summed E-state index contributed by atoms with van der Waals surface area (Å²) in [5.41, 5.74) is 0.257. The van der Waals surface area contributed by atoms with Crippen molar-refractivity contribution in [3.05, 3.63) is 74.6 Å². The number of Topliss-reactive ketones (excluding diaryl/α,β-unsaturated/α-hetero) is 1. The molecule has 4 rings (SSSR count). The van der Waals surface area contributed by atoms with Crippen LogP contribution in [0, 0.1) is 5.92 Å². The summed E-state index contributed by atoms with van der Waals surface area (Å²) in [5, 5.41) is 0.681. The number of rotatable bonds is 4. The molecule has 2 aromatic carbocycles. The molecule has 1 fully saturated rings. The van der Waals surface area contributed by atoms with Crippen molar-refractivity contribution in [3.8, 4) is 5.75 Å². The zero-order valence-electron chi connectivity index (χ0n) is 15.6. The highest BCUT2D eigenvalue weighted by molar-refractivity contribution is 9.10. The number of halogens is 3. The van der Waals surface area contributed by atoms with Gasteiger partial charge < -0.3 is 14.2 Å². The summed E-state index contributed by atoms with van der Waals surface area (Å²) in [7, 11) is 0. The van der Waals surface area contributed by atoms with Crippen LogP contribution >= 0.6 is 39.1 Å². The fourth-order valence-corrected chi connectivity index (χ4v) is 4.48. The average Bonchev–Trinajstić information content (AvgIpc) is 2.71. The van der Waals surface area contributed by atoms with E-state index in [2.05, 4.69) is 15.9 Å². The number of carbonyl (C=O) groups excluding carboxylic acids is 2. The van der Waals surface area contributed by atoms with Gasteiger partial charge in [-0.25, -0.2) is 4.79 Å². The van der Waals surface area contributed by atoms with Crippen molar-refractivity contribution in [1.29, 1.82) is 0 Å². The maximum absolute atomic E-state index is 12.9. The van der Waals surface area contributed by atoms with Gasteiger partial charge in [0.1, 0.15) is 24.2 Å². The Hall–Kier alpha value is -2.02. The second-order valence-electron chi connectivity index (χ2n) is 7.12. The Labute approximate surface area is 192 Å². The molecule has 2 aliphatic rings. The van der Waals surface area contributed by atoms with Crippen LogP contribution in [0.2, 0.25) is 10.0 Å². The van der Waals surface area contributed by atoms with E-state index in [1.807, 2.05) is 18.2 Å². The normalized spacial score (nSPS) is 23.1. The molecule has 1 heterocycles. The van der Waals surface area contributed by atoms with E-state index in [1.54, 1.807) is 12.1 Å². The van der Waals surface area contributed by atoms with Gasteiger partial charge in [-0.3, -0.25) is 4.79 Å². The van der Waals surface area contributed by atoms with Gasteiger partial charge in [0.25, 0.3) is 0 Å². The molecule has 1 saturated carbocycles. The standard InChI is InChI=1S/C22H17BrCl2O5/c23-16-3-1-2-4-18(16)30-20-11-28-19-10-13(6-8-15(19)21(20)26)29-22(27)14-7-5-12(24)9-17(14)25/h1-5,7,9,11,13,15,19H,6,8,10H2. The van der Waals surface area contributed by atoms with E-state index in [9.17, 15) is 9.59 Å². The number of carbonyl (C=O) groups is 2. The van der Waals surface area contributed by atoms with E-state index in [1.165, 1.54) is 18.4 Å². The summed E-state index contributed by atoms with van der Waals surface area (Å²) in [4.78, 5) is 25.3. The molecule has 5 nitrogen and oxygen atoms in total. The number of ketones is 1. The number of hydrogen-bond acceptors (Lipinski definition) is 5. The van der Waals surface area contributed by atoms with E-state index < -0.39 is 5.97 Å². The van der Waals surface area contributed by atoms with Crippen LogP contribution in [0.4, 0.5) is 0 Å². The lowest BCUT2D eigenvalue weighted by Crippen LogP contribution is -2.43. The van der Waals surface area contributed by atoms with Gasteiger partial charge in [-0.05, 0) is 59.1 Å². The summed E-state index contributed by atoms with van der Waals surface area (Å²) in [6, 6.07) is 11.9. The van der Waals surface area contributed by atoms with E-state index >= 15 is 0 Å². The van der Waals surface area contributed by atoms with Gasteiger partial charge in [0, 0.05) is 11.4 Å². The lowest BCUT2D eigenvalue weighted by atomic mass is 9.80. The van der Waals surface area contributed by atoms with Crippen LogP contribution in [0.3, 0.4) is 0 Å². The Bertz CT molecular complexity index is 1020. The molecular weight excluding hydrogens is 495 g/mol. The lowest BCUT2D eigenvalue weighted by Gasteiger charge is -2.36. The molecule has 8 heteroatoms. The van der Waals surface area contributed by atoms with Crippen LogP contribution < -0.4 is 4.74 Å². The monoisotopic (exact) mass is 510 g/mol. The first kappa shape index (κ1) is 21.2. The van der Waals surface area contributed by atoms with Gasteiger partial charge >= 0.3 is 5.97 Å². The van der Waals surface area contributed by atoms with Crippen LogP contribution in [-0.2, 0) is 14.3 Å². The molecule has 30 heavy (non-hydrogen) atoms. The van der Waals surface area contributed by atoms with Crippen molar-refractivity contribution in [1.82, 2.24) is 0 Å². The molecule has 0 radical (unpaired) electrons. The third-order valence-corrected chi connectivity index (χ3v) is 6.36. The van der Waals surface area contributed by atoms with Gasteiger partial charge in [-0.2, -0.15) is 0 Å². The number of allylic oxidation sites excluding steroid dienone is 1. The molecule has 156 valence electrons. The molecule has 1 aliphatic carbocycles. The Morgan fingerprint density at radius 3 is 2.70 bits per heavy atom. The van der Waals surface area contributed by atoms with E-state index in [4.69, 9.17) is 37.4 Å². The van der Waals surface area contributed by atoms with Crippen molar-refractivity contribution in [2.75, 3.05) is 0 Å². The summed E-state index contributed by atoms with van der Waals surface area (Å²) in [5.74, 6) is -0.238. The Morgan fingerprint density at radius 2 is 1.93 bits per heavy atom. The van der Waals surface area contributed by atoms with E-state index in [0.717, 1.165) is 4.47 Å². The Morgan fingerprint density at radius 1 is 1.13 bits per heavy atom. The van der Waals surface area contributed by atoms with Crippen LogP contribution in [0.15, 0.2) is 59.0 Å². The molecule has 3 atom stereocenters. The second-order valence-corrected chi connectivity index (χ2v) is 8.82. The first-order chi connectivity index (χ1) is 14.4. The first-order valence-corrected chi connectivity index (χ1v) is 11.0. The fraction of sp³-hybridized carbons (Fsp3) is 0.273. The zero-order valence-corrected chi connectivity index (χ0v) is 18.7. The molecule has 2 aromatic rings. The van der Waals surface area contributed by atoms with Gasteiger partial charge in [-0.15, -0.1) is 0 Å². The third kappa shape index (κ3) is 4.51. The lowest BCUT2D eigenvalue weighted by molar-refractivity contribution is -0.132. The summed E-state index contributed by atoms with van der Waals surface area (Å²) in [6.07, 6.45) is 2.13. The van der Waals surface area contributed by atoms with Crippen molar-refractivity contribution in [2.24, 2.45) is 5.92 Å². The maximum Gasteiger partial charge on any atom is 0.339 e. The number of fused-ring (bicyclic) bond motifs is 1. The molecule has 1 aliphatic heterocycles. The smallest absolute Gasteiger partial charge is 0.339 e. The molecular formula is C22H17BrCl2O5. The Kier molecular flexibility index (Phi) is 6.37. The summed E-state index contributed by atoms with van der Waals surface area (Å²) in [6.45, 7) is 0. The number of benzene rings is 2. The van der Waals surface area contributed by atoms with Gasteiger partial charge in [0.05, 0.1) is 21.0 Å². The number of esters is 1. The van der Waals surface area contributed by atoms with Crippen LogP contribution in [0.1, 0.15) is 29.6 Å². The molecule has 0 aromatic heterocycles. The average molecular weight is 512 g/mol.